The van der Waals surface area contributed by atoms with Gasteiger partial charge in [-0.3, -0.25) is 9.59 Å². The van der Waals surface area contributed by atoms with Crippen molar-refractivity contribution in [2.75, 3.05) is 0 Å². The number of allylic oxidation sites excluding steroid dienone is 2. The van der Waals surface area contributed by atoms with Crippen molar-refractivity contribution in [3.63, 3.8) is 0 Å². The summed E-state index contributed by atoms with van der Waals surface area (Å²) in [4.78, 5) is 25.8. The van der Waals surface area contributed by atoms with E-state index in [1.807, 2.05) is 43.3 Å². The molecule has 148 valence electrons. The van der Waals surface area contributed by atoms with Gasteiger partial charge in [0.25, 0.3) is 11.8 Å². The number of ether oxygens (including phenoxy) is 1. The monoisotopic (exact) mass is 388 g/mol. The number of imide groups is 1. The number of fused-ring (bicyclic) bond motifs is 6. The number of carbonyl (C=O) groups excluding carboxylic acids is 2. The fourth-order valence-electron chi connectivity index (χ4n) is 4.93. The molecular weight excluding hydrogens is 364 g/mol. The van der Waals surface area contributed by atoms with Crippen molar-refractivity contribution in [3.05, 3.63) is 54.1 Å². The lowest BCUT2D eigenvalue weighted by molar-refractivity contribution is -0.140. The molecular formula is C24H24N2O3. The summed E-state index contributed by atoms with van der Waals surface area (Å²) in [7, 11) is 0. The maximum Gasteiger partial charge on any atom is 0.254 e. The van der Waals surface area contributed by atoms with E-state index >= 15 is 0 Å². The fourth-order valence-corrected chi connectivity index (χ4v) is 4.93. The highest BCUT2D eigenvalue weighted by molar-refractivity contribution is 6.08. The van der Waals surface area contributed by atoms with E-state index in [1.54, 1.807) is 6.21 Å². The summed E-state index contributed by atoms with van der Waals surface area (Å²) in [6.07, 6.45) is 7.65. The molecule has 29 heavy (non-hydrogen) atoms. The third kappa shape index (κ3) is 2.79. The van der Waals surface area contributed by atoms with Gasteiger partial charge in [0.1, 0.15) is 5.75 Å². The van der Waals surface area contributed by atoms with Crippen LogP contribution in [0.2, 0.25) is 0 Å². The van der Waals surface area contributed by atoms with Crippen LogP contribution in [0.5, 0.6) is 5.75 Å². The Kier molecular flexibility index (Phi) is 4.26. The molecule has 5 nitrogen and oxygen atoms in total. The smallest absolute Gasteiger partial charge is 0.254 e. The number of nitrogens with zero attached hydrogens (tertiary/aromatic N) is 2. The standard InChI is InChI=1S/C24H24N2O3/c1-3-14(2)29-20-11-10-15-6-4-5-7-18(15)19(20)13-25-26-23(27)21-16-8-9-17(12-16)22(21)24(26)28/h4-11,13-14,16-17,21-22H,3,12H2,1-2H3. The second-order valence-corrected chi connectivity index (χ2v) is 8.27. The molecule has 0 N–H and O–H groups in total. The molecule has 1 aliphatic heterocycles. The normalized spacial score (nSPS) is 28.7. The number of amides is 2. The van der Waals surface area contributed by atoms with Gasteiger partial charge < -0.3 is 4.74 Å². The number of hydrogen-bond acceptors (Lipinski definition) is 4. The second kappa shape index (κ2) is 6.83. The molecule has 0 radical (unpaired) electrons. The van der Waals surface area contributed by atoms with Gasteiger partial charge in [0.05, 0.1) is 24.2 Å². The molecule has 1 heterocycles. The molecule has 3 aliphatic rings. The minimum Gasteiger partial charge on any atom is -0.490 e. The van der Waals surface area contributed by atoms with Crippen LogP contribution in [-0.4, -0.2) is 29.1 Å². The van der Waals surface area contributed by atoms with Gasteiger partial charge >= 0.3 is 0 Å². The molecule has 5 rings (SSSR count). The summed E-state index contributed by atoms with van der Waals surface area (Å²) >= 11 is 0. The van der Waals surface area contributed by atoms with Crippen LogP contribution in [0.25, 0.3) is 10.8 Å². The van der Waals surface area contributed by atoms with Crippen molar-refractivity contribution >= 4 is 28.8 Å². The van der Waals surface area contributed by atoms with Crippen molar-refractivity contribution in [1.29, 1.82) is 0 Å². The first-order valence-electron chi connectivity index (χ1n) is 10.4. The highest BCUT2D eigenvalue weighted by Gasteiger charge is 2.59. The van der Waals surface area contributed by atoms with E-state index in [4.69, 9.17) is 4.74 Å². The number of hydrogen-bond donors (Lipinski definition) is 0. The van der Waals surface area contributed by atoms with Crippen LogP contribution < -0.4 is 4.74 Å². The molecule has 1 saturated carbocycles. The molecule has 1 saturated heterocycles. The van der Waals surface area contributed by atoms with Crippen molar-refractivity contribution in [1.82, 2.24) is 5.01 Å². The topological polar surface area (TPSA) is 59.0 Å². The first-order valence-corrected chi connectivity index (χ1v) is 10.4. The molecule has 0 aromatic heterocycles. The fraction of sp³-hybridized carbons (Fsp3) is 0.375. The molecule has 5 heteroatoms. The van der Waals surface area contributed by atoms with E-state index in [-0.39, 0.29) is 41.6 Å². The van der Waals surface area contributed by atoms with Crippen molar-refractivity contribution < 1.29 is 14.3 Å². The zero-order valence-corrected chi connectivity index (χ0v) is 16.6. The van der Waals surface area contributed by atoms with E-state index in [0.717, 1.165) is 34.2 Å². The van der Waals surface area contributed by atoms with Crippen LogP contribution >= 0.6 is 0 Å². The summed E-state index contributed by atoms with van der Waals surface area (Å²) in [5, 5.41) is 7.52. The average molecular weight is 388 g/mol. The van der Waals surface area contributed by atoms with Gasteiger partial charge in [0, 0.05) is 5.56 Å². The van der Waals surface area contributed by atoms with Gasteiger partial charge in [0.15, 0.2) is 0 Å². The van der Waals surface area contributed by atoms with Crippen LogP contribution in [0.4, 0.5) is 0 Å². The molecule has 2 aromatic carbocycles. The Labute approximate surface area is 170 Å². The van der Waals surface area contributed by atoms with Crippen LogP contribution in [0.3, 0.4) is 0 Å². The van der Waals surface area contributed by atoms with E-state index < -0.39 is 0 Å². The molecule has 2 amide bonds. The van der Waals surface area contributed by atoms with E-state index in [0.29, 0.717) is 5.75 Å². The third-order valence-corrected chi connectivity index (χ3v) is 6.58. The molecule has 2 fully saturated rings. The van der Waals surface area contributed by atoms with Gasteiger partial charge in [-0.05, 0) is 48.4 Å². The Morgan fingerprint density at radius 2 is 1.79 bits per heavy atom. The zero-order valence-electron chi connectivity index (χ0n) is 16.6. The summed E-state index contributed by atoms with van der Waals surface area (Å²) in [6, 6.07) is 11.9. The summed E-state index contributed by atoms with van der Waals surface area (Å²) in [5.74, 6) is 0.265. The number of hydrazone groups is 1. The van der Waals surface area contributed by atoms with E-state index in [2.05, 4.69) is 24.2 Å². The lowest BCUT2D eigenvalue weighted by Gasteiger charge is -2.17. The second-order valence-electron chi connectivity index (χ2n) is 8.27. The highest BCUT2D eigenvalue weighted by Crippen LogP contribution is 2.52. The number of benzene rings is 2. The molecule has 2 bridgehead atoms. The van der Waals surface area contributed by atoms with E-state index in [1.165, 1.54) is 0 Å². The van der Waals surface area contributed by atoms with Crippen LogP contribution in [0.1, 0.15) is 32.3 Å². The van der Waals surface area contributed by atoms with Crippen molar-refractivity contribution in [2.45, 2.75) is 32.8 Å². The first-order chi connectivity index (χ1) is 14.1. The van der Waals surface area contributed by atoms with Gasteiger partial charge in [-0.15, -0.1) is 0 Å². The lowest BCUT2D eigenvalue weighted by atomic mass is 9.85. The Hall–Kier alpha value is -2.95. The van der Waals surface area contributed by atoms with Crippen LogP contribution in [-0.2, 0) is 9.59 Å². The molecule has 5 atom stereocenters. The van der Waals surface area contributed by atoms with Crippen molar-refractivity contribution in [2.24, 2.45) is 28.8 Å². The van der Waals surface area contributed by atoms with Gasteiger partial charge in [-0.25, -0.2) is 0 Å². The Bertz CT molecular complexity index is 1030. The molecule has 2 aliphatic carbocycles. The number of carbonyl (C=O) groups is 2. The van der Waals surface area contributed by atoms with Gasteiger partial charge in [-0.2, -0.15) is 10.1 Å². The summed E-state index contributed by atoms with van der Waals surface area (Å²) in [5.41, 5.74) is 0.794. The Balaban J connectivity index is 1.51. The summed E-state index contributed by atoms with van der Waals surface area (Å²) in [6.45, 7) is 4.09. The molecule has 5 unspecified atom stereocenters. The lowest BCUT2D eigenvalue weighted by Crippen LogP contribution is -2.28. The van der Waals surface area contributed by atoms with Gasteiger partial charge in [-0.1, -0.05) is 49.4 Å². The van der Waals surface area contributed by atoms with Crippen molar-refractivity contribution in [3.8, 4) is 5.75 Å². The van der Waals surface area contributed by atoms with Gasteiger partial charge in [0.2, 0.25) is 0 Å². The predicted molar refractivity (Wildman–Crippen MR) is 111 cm³/mol. The SMILES string of the molecule is CCC(C)Oc1ccc2ccccc2c1C=NN1C(=O)C2C3C=CC(C3)C2C1=O. The highest BCUT2D eigenvalue weighted by atomic mass is 16.5. The Morgan fingerprint density at radius 1 is 1.10 bits per heavy atom. The third-order valence-electron chi connectivity index (χ3n) is 6.58. The van der Waals surface area contributed by atoms with Crippen LogP contribution in [0.15, 0.2) is 53.7 Å². The summed E-state index contributed by atoms with van der Waals surface area (Å²) < 4.78 is 6.10. The largest absolute Gasteiger partial charge is 0.490 e. The van der Waals surface area contributed by atoms with Crippen LogP contribution in [0, 0.1) is 23.7 Å². The first kappa shape index (κ1) is 18.1. The maximum atomic E-state index is 12.9. The van der Waals surface area contributed by atoms with E-state index in [9.17, 15) is 9.59 Å². The minimum absolute atomic E-state index is 0.0550. The average Bonchev–Trinajstić information content (AvgIpc) is 3.41. The quantitative estimate of drug-likeness (QED) is 0.439. The zero-order chi connectivity index (χ0) is 20.1. The maximum absolute atomic E-state index is 12.9. The molecule has 2 aromatic rings. The number of rotatable bonds is 5. The Morgan fingerprint density at radius 3 is 2.48 bits per heavy atom. The predicted octanol–water partition coefficient (Wildman–Crippen LogP) is 4.16. The molecule has 0 spiro atoms. The minimum atomic E-state index is -0.238.